The minimum Gasteiger partial charge on any atom is -0.316 e. The van der Waals surface area contributed by atoms with Crippen LogP contribution in [0.3, 0.4) is 0 Å². The first-order valence-corrected chi connectivity index (χ1v) is 8.86. The first-order chi connectivity index (χ1) is 9.98. The van der Waals surface area contributed by atoms with Crippen LogP contribution < -0.4 is 5.32 Å². The topological polar surface area (TPSA) is 49.4 Å². The van der Waals surface area contributed by atoms with Crippen LogP contribution in [0, 0.1) is 11.7 Å². The summed E-state index contributed by atoms with van der Waals surface area (Å²) in [6, 6.07) is 4.28. The Bertz CT molecular complexity index is 581. The van der Waals surface area contributed by atoms with Crippen LogP contribution >= 0.6 is 0 Å². The van der Waals surface area contributed by atoms with Gasteiger partial charge in [0.1, 0.15) is 10.7 Å². The second-order valence-corrected chi connectivity index (χ2v) is 7.46. The Morgan fingerprint density at radius 2 is 2.00 bits per heavy atom. The number of nitrogens with zero attached hydrogens (tertiary/aromatic N) is 1. The van der Waals surface area contributed by atoms with Crippen molar-refractivity contribution in [2.75, 3.05) is 20.1 Å². The highest BCUT2D eigenvalue weighted by Gasteiger charge is 2.30. The molecule has 6 heteroatoms. The van der Waals surface area contributed by atoms with E-state index in [9.17, 15) is 12.8 Å². The number of rotatable bonds is 5. The lowest BCUT2D eigenvalue weighted by Crippen LogP contribution is -2.38. The normalized spacial score (nSPS) is 18.0. The number of hydrogen-bond donors (Lipinski definition) is 1. The fourth-order valence-corrected chi connectivity index (χ4v) is 4.34. The predicted octanol–water partition coefficient (Wildman–Crippen LogP) is 2.36. The fraction of sp³-hybridized carbons (Fsp3) is 0.600. The van der Waals surface area contributed by atoms with Crippen molar-refractivity contribution in [3.63, 3.8) is 0 Å². The molecule has 2 rings (SSSR count). The molecule has 1 aliphatic heterocycles. The SMILES string of the molecule is CCC1CCN(S(=O)(=O)c2cc(CNC)ccc2F)CC1. The average molecular weight is 314 g/mol. The lowest BCUT2D eigenvalue weighted by molar-refractivity contribution is 0.268. The van der Waals surface area contributed by atoms with E-state index in [1.54, 1.807) is 13.1 Å². The van der Waals surface area contributed by atoms with Crippen molar-refractivity contribution in [2.45, 2.75) is 37.6 Å². The Labute approximate surface area is 126 Å². The van der Waals surface area contributed by atoms with E-state index in [2.05, 4.69) is 12.2 Å². The summed E-state index contributed by atoms with van der Waals surface area (Å²) in [7, 11) is -1.96. The zero-order valence-electron chi connectivity index (χ0n) is 12.6. The van der Waals surface area contributed by atoms with Crippen LogP contribution in [0.4, 0.5) is 4.39 Å². The van der Waals surface area contributed by atoms with Crippen molar-refractivity contribution in [2.24, 2.45) is 5.92 Å². The highest BCUT2D eigenvalue weighted by molar-refractivity contribution is 7.89. The zero-order valence-corrected chi connectivity index (χ0v) is 13.4. The first kappa shape index (κ1) is 16.4. The van der Waals surface area contributed by atoms with Crippen molar-refractivity contribution in [1.82, 2.24) is 9.62 Å². The van der Waals surface area contributed by atoms with E-state index in [1.807, 2.05) is 0 Å². The van der Waals surface area contributed by atoms with Gasteiger partial charge in [-0.1, -0.05) is 19.4 Å². The molecule has 118 valence electrons. The zero-order chi connectivity index (χ0) is 15.5. The van der Waals surface area contributed by atoms with Gasteiger partial charge in [-0.05, 0) is 43.5 Å². The molecular weight excluding hydrogens is 291 g/mol. The van der Waals surface area contributed by atoms with Crippen LogP contribution in [0.2, 0.25) is 0 Å². The van der Waals surface area contributed by atoms with Gasteiger partial charge in [-0.2, -0.15) is 4.31 Å². The molecule has 0 bridgehead atoms. The van der Waals surface area contributed by atoms with Gasteiger partial charge < -0.3 is 5.32 Å². The maximum absolute atomic E-state index is 14.0. The molecule has 0 radical (unpaired) electrons. The number of hydrogen-bond acceptors (Lipinski definition) is 3. The minimum absolute atomic E-state index is 0.204. The maximum Gasteiger partial charge on any atom is 0.245 e. The third-order valence-electron chi connectivity index (χ3n) is 4.15. The van der Waals surface area contributed by atoms with Gasteiger partial charge in [0.2, 0.25) is 10.0 Å². The fourth-order valence-electron chi connectivity index (χ4n) is 2.76. The highest BCUT2D eigenvalue weighted by Crippen LogP contribution is 2.27. The van der Waals surface area contributed by atoms with E-state index < -0.39 is 15.8 Å². The Hall–Kier alpha value is -0.980. The summed E-state index contributed by atoms with van der Waals surface area (Å²) in [4.78, 5) is -0.204. The summed E-state index contributed by atoms with van der Waals surface area (Å²) in [5, 5.41) is 2.94. The van der Waals surface area contributed by atoms with Crippen molar-refractivity contribution in [3.05, 3.63) is 29.6 Å². The Kier molecular flexibility index (Phi) is 5.35. The molecule has 0 unspecified atom stereocenters. The number of nitrogens with one attached hydrogen (secondary N) is 1. The van der Waals surface area contributed by atoms with Gasteiger partial charge in [0.05, 0.1) is 0 Å². The Morgan fingerprint density at radius 1 is 1.33 bits per heavy atom. The molecule has 0 aliphatic carbocycles. The van der Waals surface area contributed by atoms with Gasteiger partial charge in [-0.25, -0.2) is 12.8 Å². The summed E-state index contributed by atoms with van der Waals surface area (Å²) in [6.07, 6.45) is 2.78. The molecule has 1 fully saturated rings. The lowest BCUT2D eigenvalue weighted by atomic mass is 9.96. The molecule has 0 amide bonds. The van der Waals surface area contributed by atoms with E-state index in [1.165, 1.54) is 16.4 Å². The van der Waals surface area contributed by atoms with Gasteiger partial charge in [0.15, 0.2) is 0 Å². The van der Waals surface area contributed by atoms with E-state index in [-0.39, 0.29) is 4.90 Å². The van der Waals surface area contributed by atoms with Crippen LogP contribution in [0.5, 0.6) is 0 Å². The maximum atomic E-state index is 14.0. The summed E-state index contributed by atoms with van der Waals surface area (Å²) in [5.74, 6) is -0.0932. The third kappa shape index (κ3) is 3.62. The second-order valence-electron chi connectivity index (χ2n) is 5.55. The first-order valence-electron chi connectivity index (χ1n) is 7.42. The van der Waals surface area contributed by atoms with Crippen molar-refractivity contribution >= 4 is 10.0 Å². The van der Waals surface area contributed by atoms with E-state index >= 15 is 0 Å². The molecule has 1 saturated heterocycles. The molecule has 1 heterocycles. The van der Waals surface area contributed by atoms with Crippen molar-refractivity contribution in [3.8, 4) is 0 Å². The molecular formula is C15H23FN2O2S. The van der Waals surface area contributed by atoms with Gasteiger partial charge in [0, 0.05) is 19.6 Å². The van der Waals surface area contributed by atoms with Crippen LogP contribution in [0.15, 0.2) is 23.1 Å². The van der Waals surface area contributed by atoms with Crippen molar-refractivity contribution in [1.29, 1.82) is 0 Å². The summed E-state index contributed by atoms with van der Waals surface area (Å²) >= 11 is 0. The summed E-state index contributed by atoms with van der Waals surface area (Å²) < 4.78 is 40.6. The van der Waals surface area contributed by atoms with Crippen LogP contribution in [0.25, 0.3) is 0 Å². The van der Waals surface area contributed by atoms with E-state index in [0.717, 1.165) is 24.8 Å². The van der Waals surface area contributed by atoms with Gasteiger partial charge in [-0.15, -0.1) is 0 Å². The highest BCUT2D eigenvalue weighted by atomic mass is 32.2. The quantitative estimate of drug-likeness (QED) is 0.907. The number of halogens is 1. The molecule has 0 atom stereocenters. The molecule has 1 aliphatic rings. The Morgan fingerprint density at radius 3 is 2.57 bits per heavy atom. The van der Waals surface area contributed by atoms with Gasteiger partial charge in [-0.3, -0.25) is 0 Å². The summed E-state index contributed by atoms with van der Waals surface area (Å²) in [6.45, 7) is 3.60. The smallest absolute Gasteiger partial charge is 0.245 e. The second kappa shape index (κ2) is 6.85. The van der Waals surface area contributed by atoms with Gasteiger partial charge >= 0.3 is 0 Å². The average Bonchev–Trinajstić information content (AvgIpc) is 2.49. The third-order valence-corrected chi connectivity index (χ3v) is 6.06. The largest absolute Gasteiger partial charge is 0.316 e. The van der Waals surface area contributed by atoms with Crippen molar-refractivity contribution < 1.29 is 12.8 Å². The molecule has 1 N–H and O–H groups in total. The monoisotopic (exact) mass is 314 g/mol. The standard InChI is InChI=1S/C15H23FN2O2S/c1-3-12-6-8-18(9-7-12)21(19,20)15-10-13(11-17-2)4-5-14(15)16/h4-5,10,12,17H,3,6-9,11H2,1-2H3. The molecule has 0 saturated carbocycles. The molecule has 0 spiro atoms. The number of benzene rings is 1. The molecule has 0 aromatic heterocycles. The van der Waals surface area contributed by atoms with Crippen LogP contribution in [0.1, 0.15) is 31.7 Å². The van der Waals surface area contributed by atoms with E-state index in [4.69, 9.17) is 0 Å². The van der Waals surface area contributed by atoms with Crippen LogP contribution in [-0.2, 0) is 16.6 Å². The lowest BCUT2D eigenvalue weighted by Gasteiger charge is -2.30. The molecule has 1 aromatic rings. The molecule has 4 nitrogen and oxygen atoms in total. The summed E-state index contributed by atoms with van der Waals surface area (Å²) in [5.41, 5.74) is 0.765. The predicted molar refractivity (Wildman–Crippen MR) is 80.9 cm³/mol. The molecule has 21 heavy (non-hydrogen) atoms. The van der Waals surface area contributed by atoms with E-state index in [0.29, 0.717) is 25.6 Å². The van der Waals surface area contributed by atoms with Crippen LogP contribution in [-0.4, -0.2) is 32.9 Å². The number of piperidine rings is 1. The number of sulfonamides is 1. The molecule has 1 aromatic carbocycles. The Balaban J connectivity index is 2.25. The van der Waals surface area contributed by atoms with Gasteiger partial charge in [0.25, 0.3) is 0 Å². The minimum atomic E-state index is -3.73.